The third-order valence-electron chi connectivity index (χ3n) is 2.74. The number of hydrogen-bond donors (Lipinski definition) is 0. The van der Waals surface area contributed by atoms with E-state index in [2.05, 4.69) is 44.2 Å². The summed E-state index contributed by atoms with van der Waals surface area (Å²) in [7, 11) is 0. The van der Waals surface area contributed by atoms with Gasteiger partial charge in [0.25, 0.3) is 0 Å². The van der Waals surface area contributed by atoms with Crippen LogP contribution in [0.4, 0.5) is 0 Å². The fraction of sp³-hybridized carbons (Fsp3) is 0.357. The zero-order valence-corrected chi connectivity index (χ0v) is 9.46. The van der Waals surface area contributed by atoms with E-state index in [1.807, 2.05) is 0 Å². The van der Waals surface area contributed by atoms with Crippen LogP contribution in [-0.2, 0) is 12.8 Å². The normalized spacial score (nSPS) is 10.8. The zero-order chi connectivity index (χ0) is 10.7. The molecule has 1 nitrogen and oxygen atoms in total. The molecule has 1 aromatic carbocycles. The summed E-state index contributed by atoms with van der Waals surface area (Å²) in [4.78, 5) is 4.71. The van der Waals surface area contributed by atoms with Crippen molar-refractivity contribution in [2.75, 3.05) is 0 Å². The van der Waals surface area contributed by atoms with Gasteiger partial charge in [-0.1, -0.05) is 44.5 Å². The van der Waals surface area contributed by atoms with Gasteiger partial charge in [-0.3, -0.25) is 4.98 Å². The van der Waals surface area contributed by atoms with Gasteiger partial charge in [0.1, 0.15) is 0 Å². The van der Waals surface area contributed by atoms with Crippen LogP contribution in [0.1, 0.15) is 31.5 Å². The van der Waals surface area contributed by atoms with Crippen molar-refractivity contribution in [3.05, 3.63) is 41.6 Å². The van der Waals surface area contributed by atoms with E-state index in [1.165, 1.54) is 28.6 Å². The maximum Gasteiger partial charge on any atom is 0.0737 e. The molecule has 2 rings (SSSR count). The monoisotopic (exact) mass is 199 g/mol. The standard InChI is InChI=1S/C14H17N/c1-3-6-11-7-5-8-12-9-10-13(4-2)15-14(11)12/h5,7-10H,3-4,6H2,1-2H3. The molecule has 0 unspecified atom stereocenters. The summed E-state index contributed by atoms with van der Waals surface area (Å²) in [5, 5.41) is 1.26. The molecular weight excluding hydrogens is 182 g/mol. The molecule has 0 saturated heterocycles. The third-order valence-corrected chi connectivity index (χ3v) is 2.74. The van der Waals surface area contributed by atoms with Gasteiger partial charge in [0.2, 0.25) is 0 Å². The molecule has 0 aliphatic carbocycles. The Balaban J connectivity index is 2.59. The molecule has 0 saturated carbocycles. The van der Waals surface area contributed by atoms with E-state index in [4.69, 9.17) is 4.98 Å². The van der Waals surface area contributed by atoms with Gasteiger partial charge < -0.3 is 0 Å². The van der Waals surface area contributed by atoms with Crippen LogP contribution in [0.3, 0.4) is 0 Å². The molecule has 1 heteroatoms. The summed E-state index contributed by atoms with van der Waals surface area (Å²) in [5.74, 6) is 0. The highest BCUT2D eigenvalue weighted by molar-refractivity contribution is 5.81. The van der Waals surface area contributed by atoms with Crippen molar-refractivity contribution in [3.63, 3.8) is 0 Å². The summed E-state index contributed by atoms with van der Waals surface area (Å²) in [6, 6.07) is 10.8. The van der Waals surface area contributed by atoms with Crippen LogP contribution in [-0.4, -0.2) is 4.98 Å². The first-order chi connectivity index (χ1) is 7.35. The van der Waals surface area contributed by atoms with Crippen molar-refractivity contribution in [2.24, 2.45) is 0 Å². The lowest BCUT2D eigenvalue weighted by atomic mass is 10.1. The van der Waals surface area contributed by atoms with E-state index in [9.17, 15) is 0 Å². The number of fused-ring (bicyclic) bond motifs is 1. The number of rotatable bonds is 3. The van der Waals surface area contributed by atoms with Crippen LogP contribution in [0.25, 0.3) is 10.9 Å². The van der Waals surface area contributed by atoms with E-state index in [-0.39, 0.29) is 0 Å². The maximum absolute atomic E-state index is 4.71. The number of benzene rings is 1. The van der Waals surface area contributed by atoms with Gasteiger partial charge in [-0.25, -0.2) is 0 Å². The van der Waals surface area contributed by atoms with Crippen molar-refractivity contribution in [1.82, 2.24) is 4.98 Å². The van der Waals surface area contributed by atoms with Crippen molar-refractivity contribution >= 4 is 10.9 Å². The van der Waals surface area contributed by atoms with Crippen LogP contribution in [0.5, 0.6) is 0 Å². The SMILES string of the molecule is CCCc1cccc2ccc(CC)nc12. The maximum atomic E-state index is 4.71. The minimum Gasteiger partial charge on any atom is -0.253 e. The molecule has 0 bridgehead atoms. The van der Waals surface area contributed by atoms with Crippen molar-refractivity contribution in [2.45, 2.75) is 33.1 Å². The second-order valence-electron chi connectivity index (χ2n) is 3.89. The first kappa shape index (κ1) is 10.2. The average Bonchev–Trinajstić information content (AvgIpc) is 2.29. The third kappa shape index (κ3) is 2.01. The van der Waals surface area contributed by atoms with Crippen LogP contribution in [0.2, 0.25) is 0 Å². The number of hydrogen-bond acceptors (Lipinski definition) is 1. The molecule has 1 aromatic heterocycles. The Morgan fingerprint density at radius 3 is 2.67 bits per heavy atom. The van der Waals surface area contributed by atoms with Gasteiger partial charge in [0.05, 0.1) is 5.52 Å². The minimum absolute atomic E-state index is 1.01. The Kier molecular flexibility index (Phi) is 3.00. The largest absolute Gasteiger partial charge is 0.253 e. The highest BCUT2D eigenvalue weighted by Crippen LogP contribution is 2.18. The van der Waals surface area contributed by atoms with E-state index in [1.54, 1.807) is 0 Å². The Morgan fingerprint density at radius 2 is 1.93 bits per heavy atom. The van der Waals surface area contributed by atoms with Crippen LogP contribution >= 0.6 is 0 Å². The zero-order valence-electron chi connectivity index (χ0n) is 9.46. The molecule has 1 heterocycles. The minimum atomic E-state index is 1.01. The first-order valence-corrected chi connectivity index (χ1v) is 5.72. The smallest absolute Gasteiger partial charge is 0.0737 e. The summed E-state index contributed by atoms with van der Waals surface area (Å²) in [6.45, 7) is 4.36. The molecule has 0 aliphatic heterocycles. The van der Waals surface area contributed by atoms with Crippen molar-refractivity contribution in [3.8, 4) is 0 Å². The molecule has 0 amide bonds. The highest BCUT2D eigenvalue weighted by Gasteiger charge is 2.02. The Morgan fingerprint density at radius 1 is 1.07 bits per heavy atom. The number of aromatic nitrogens is 1. The fourth-order valence-corrected chi connectivity index (χ4v) is 1.92. The molecule has 0 spiro atoms. The molecule has 15 heavy (non-hydrogen) atoms. The summed E-state index contributed by atoms with van der Waals surface area (Å²) >= 11 is 0. The Bertz CT molecular complexity index is 460. The van der Waals surface area contributed by atoms with Crippen LogP contribution in [0, 0.1) is 0 Å². The average molecular weight is 199 g/mol. The van der Waals surface area contributed by atoms with E-state index in [0.717, 1.165) is 12.8 Å². The Hall–Kier alpha value is -1.37. The second kappa shape index (κ2) is 4.43. The predicted molar refractivity (Wildman–Crippen MR) is 65.1 cm³/mol. The number of para-hydroxylation sites is 1. The van der Waals surface area contributed by atoms with Crippen molar-refractivity contribution in [1.29, 1.82) is 0 Å². The van der Waals surface area contributed by atoms with Gasteiger partial charge in [-0.05, 0) is 24.5 Å². The molecule has 0 fully saturated rings. The molecular formula is C14H17N. The van der Waals surface area contributed by atoms with Gasteiger partial charge in [0, 0.05) is 11.1 Å². The first-order valence-electron chi connectivity index (χ1n) is 5.72. The van der Waals surface area contributed by atoms with Gasteiger partial charge in [-0.15, -0.1) is 0 Å². The summed E-state index contributed by atoms with van der Waals surface area (Å²) in [5.41, 5.74) is 3.76. The summed E-state index contributed by atoms with van der Waals surface area (Å²) in [6.07, 6.45) is 3.31. The number of nitrogens with zero attached hydrogens (tertiary/aromatic N) is 1. The van der Waals surface area contributed by atoms with Gasteiger partial charge >= 0.3 is 0 Å². The molecule has 0 N–H and O–H groups in total. The van der Waals surface area contributed by atoms with Crippen molar-refractivity contribution < 1.29 is 0 Å². The second-order valence-corrected chi connectivity index (χ2v) is 3.89. The predicted octanol–water partition coefficient (Wildman–Crippen LogP) is 3.75. The quantitative estimate of drug-likeness (QED) is 0.733. The molecule has 78 valence electrons. The molecule has 0 aliphatic rings. The lowest BCUT2D eigenvalue weighted by Crippen LogP contribution is -1.92. The highest BCUT2D eigenvalue weighted by atomic mass is 14.7. The lowest BCUT2D eigenvalue weighted by molar-refractivity contribution is 0.923. The Labute approximate surface area is 91.2 Å². The molecule has 0 radical (unpaired) electrons. The molecule has 0 atom stereocenters. The topological polar surface area (TPSA) is 12.9 Å². The van der Waals surface area contributed by atoms with E-state index < -0.39 is 0 Å². The van der Waals surface area contributed by atoms with Crippen LogP contribution < -0.4 is 0 Å². The number of pyridine rings is 1. The van der Waals surface area contributed by atoms with Gasteiger partial charge in [-0.2, -0.15) is 0 Å². The van der Waals surface area contributed by atoms with E-state index >= 15 is 0 Å². The van der Waals surface area contributed by atoms with Gasteiger partial charge in [0.15, 0.2) is 0 Å². The lowest BCUT2D eigenvalue weighted by Gasteiger charge is -2.05. The fourth-order valence-electron chi connectivity index (χ4n) is 1.92. The molecule has 2 aromatic rings. The van der Waals surface area contributed by atoms with E-state index in [0.29, 0.717) is 0 Å². The van der Waals surface area contributed by atoms with Crippen LogP contribution in [0.15, 0.2) is 30.3 Å². The summed E-state index contributed by atoms with van der Waals surface area (Å²) < 4.78 is 0. The number of aryl methyl sites for hydroxylation is 2.